The number of H-pyrrole nitrogens is 1. The Balaban J connectivity index is 1.60. The number of ether oxygens (including phenoxy) is 1. The van der Waals surface area contributed by atoms with Crippen LogP contribution in [-0.4, -0.2) is 28.4 Å². The monoisotopic (exact) mass is 358 g/mol. The number of amides is 1. The van der Waals surface area contributed by atoms with Crippen LogP contribution < -0.4 is 10.1 Å². The average Bonchev–Trinajstić information content (AvgIpc) is 3.35. The molecule has 1 aromatic heterocycles. The van der Waals surface area contributed by atoms with Gasteiger partial charge in [0.05, 0.1) is 7.11 Å². The highest BCUT2D eigenvalue weighted by Crippen LogP contribution is 2.42. The number of nitrogens with zero attached hydrogens (tertiary/aromatic N) is 2. The van der Waals surface area contributed by atoms with Crippen LogP contribution in [0.2, 0.25) is 0 Å². The minimum absolute atomic E-state index is 0.110. The van der Waals surface area contributed by atoms with Gasteiger partial charge in [0.15, 0.2) is 17.4 Å². The fourth-order valence-electron chi connectivity index (χ4n) is 3.10. The van der Waals surface area contributed by atoms with Crippen molar-refractivity contribution in [3.8, 4) is 5.75 Å². The molecule has 6 nitrogen and oxygen atoms in total. The maximum atomic E-state index is 13.8. The molecule has 1 aliphatic rings. The van der Waals surface area contributed by atoms with Crippen LogP contribution in [0.4, 0.5) is 8.78 Å². The minimum atomic E-state index is -0.921. The largest absolute Gasteiger partial charge is 0.491 e. The molecule has 1 saturated carbocycles. The Bertz CT molecular complexity index is 975. The van der Waals surface area contributed by atoms with E-state index in [-0.39, 0.29) is 12.1 Å². The van der Waals surface area contributed by atoms with Crippen LogP contribution >= 0.6 is 0 Å². The minimum Gasteiger partial charge on any atom is -0.491 e. The molecule has 0 spiro atoms. The summed E-state index contributed by atoms with van der Waals surface area (Å²) < 4.78 is 32.3. The first kappa shape index (κ1) is 16.4. The first-order chi connectivity index (χ1) is 12.6. The van der Waals surface area contributed by atoms with Gasteiger partial charge in [-0.05, 0) is 42.5 Å². The normalized spacial score (nSPS) is 13.8. The zero-order valence-corrected chi connectivity index (χ0v) is 14.0. The quantitative estimate of drug-likeness (QED) is 0.735. The van der Waals surface area contributed by atoms with Gasteiger partial charge >= 0.3 is 0 Å². The van der Waals surface area contributed by atoms with Gasteiger partial charge in [-0.25, -0.2) is 8.78 Å². The van der Waals surface area contributed by atoms with Crippen LogP contribution in [0, 0.1) is 11.6 Å². The number of halogens is 2. The Morgan fingerprint density at radius 1 is 1.27 bits per heavy atom. The Morgan fingerprint density at radius 2 is 2.00 bits per heavy atom. The maximum Gasteiger partial charge on any atom is 0.251 e. The highest BCUT2D eigenvalue weighted by atomic mass is 19.1. The first-order valence-electron chi connectivity index (χ1n) is 8.22. The van der Waals surface area contributed by atoms with Crippen molar-refractivity contribution in [2.75, 3.05) is 7.11 Å². The third kappa shape index (κ3) is 2.87. The fraction of sp³-hybridized carbons (Fsp3) is 0.278. The van der Waals surface area contributed by atoms with Crippen LogP contribution in [-0.2, 0) is 6.54 Å². The van der Waals surface area contributed by atoms with Crippen molar-refractivity contribution >= 4 is 16.9 Å². The fourth-order valence-corrected chi connectivity index (χ4v) is 3.10. The van der Waals surface area contributed by atoms with E-state index in [9.17, 15) is 13.6 Å². The molecule has 0 saturated heterocycles. The van der Waals surface area contributed by atoms with Crippen molar-refractivity contribution in [1.29, 1.82) is 0 Å². The first-order valence-corrected chi connectivity index (χ1v) is 8.22. The number of nitrogens with one attached hydrogen (secondary N) is 2. The molecule has 1 aliphatic carbocycles. The van der Waals surface area contributed by atoms with Gasteiger partial charge in [0.25, 0.3) is 5.91 Å². The molecule has 0 bridgehead atoms. The van der Waals surface area contributed by atoms with Crippen molar-refractivity contribution < 1.29 is 18.3 Å². The van der Waals surface area contributed by atoms with Gasteiger partial charge in [-0.2, -0.15) is 15.4 Å². The highest BCUT2D eigenvalue weighted by molar-refractivity contribution is 5.94. The second-order valence-corrected chi connectivity index (χ2v) is 6.25. The molecule has 4 rings (SSSR count). The summed E-state index contributed by atoms with van der Waals surface area (Å²) in [6.07, 6.45) is 2.19. The number of aromatic amines is 1. The molecule has 8 heteroatoms. The topological polar surface area (TPSA) is 79.9 Å². The molecule has 3 aromatic rings. The van der Waals surface area contributed by atoms with Crippen molar-refractivity contribution in [3.05, 3.63) is 52.6 Å². The number of rotatable bonds is 5. The Hall–Kier alpha value is -3.03. The van der Waals surface area contributed by atoms with Crippen LogP contribution in [0.3, 0.4) is 0 Å². The number of carbonyl (C=O) groups is 1. The summed E-state index contributed by atoms with van der Waals surface area (Å²) in [6, 6.07) is 5.80. The number of benzene rings is 2. The summed E-state index contributed by atoms with van der Waals surface area (Å²) in [5, 5.41) is 13.5. The van der Waals surface area contributed by atoms with Crippen LogP contribution in [0.25, 0.3) is 11.0 Å². The van der Waals surface area contributed by atoms with Crippen molar-refractivity contribution in [2.45, 2.75) is 25.3 Å². The zero-order valence-electron chi connectivity index (χ0n) is 14.0. The van der Waals surface area contributed by atoms with Crippen molar-refractivity contribution in [2.24, 2.45) is 0 Å². The summed E-state index contributed by atoms with van der Waals surface area (Å²) in [7, 11) is 1.17. The van der Waals surface area contributed by atoms with E-state index in [1.54, 1.807) is 0 Å². The highest BCUT2D eigenvalue weighted by Gasteiger charge is 2.28. The molecule has 26 heavy (non-hydrogen) atoms. The van der Waals surface area contributed by atoms with E-state index in [0.29, 0.717) is 17.0 Å². The van der Waals surface area contributed by atoms with Gasteiger partial charge < -0.3 is 10.1 Å². The van der Waals surface area contributed by atoms with Gasteiger partial charge in [0.2, 0.25) is 0 Å². The average molecular weight is 358 g/mol. The lowest BCUT2D eigenvalue weighted by molar-refractivity contribution is 0.0950. The van der Waals surface area contributed by atoms with Crippen molar-refractivity contribution in [3.63, 3.8) is 0 Å². The molecule has 1 heterocycles. The second-order valence-electron chi connectivity index (χ2n) is 6.25. The lowest BCUT2D eigenvalue weighted by Crippen LogP contribution is -2.24. The number of fused-ring (bicyclic) bond motifs is 1. The van der Waals surface area contributed by atoms with Crippen molar-refractivity contribution in [1.82, 2.24) is 20.7 Å². The smallest absolute Gasteiger partial charge is 0.251 e. The number of carbonyl (C=O) groups excluding carboxylic acids is 1. The van der Waals surface area contributed by atoms with E-state index < -0.39 is 23.3 Å². The maximum absolute atomic E-state index is 13.8. The molecule has 0 aliphatic heterocycles. The number of hydrogen-bond acceptors (Lipinski definition) is 4. The summed E-state index contributed by atoms with van der Waals surface area (Å²) in [5.74, 6) is -2.47. The van der Waals surface area contributed by atoms with E-state index in [4.69, 9.17) is 0 Å². The molecule has 0 radical (unpaired) electrons. The molecular formula is C18H16F2N4O2. The summed E-state index contributed by atoms with van der Waals surface area (Å²) in [6.45, 7) is 0.198. The predicted molar refractivity (Wildman–Crippen MR) is 89.9 cm³/mol. The third-order valence-electron chi connectivity index (χ3n) is 4.54. The Kier molecular flexibility index (Phi) is 4.02. The summed E-state index contributed by atoms with van der Waals surface area (Å²) in [4.78, 5) is 12.4. The van der Waals surface area contributed by atoms with E-state index in [2.05, 4.69) is 25.5 Å². The van der Waals surface area contributed by atoms with Gasteiger partial charge in [0, 0.05) is 17.7 Å². The van der Waals surface area contributed by atoms with Crippen LogP contribution in [0.5, 0.6) is 5.75 Å². The zero-order chi connectivity index (χ0) is 18.3. The van der Waals surface area contributed by atoms with E-state index in [1.165, 1.54) is 7.11 Å². The lowest BCUT2D eigenvalue weighted by atomic mass is 10.0. The van der Waals surface area contributed by atoms with Gasteiger partial charge in [0.1, 0.15) is 11.0 Å². The number of hydrogen-bond donors (Lipinski definition) is 2. The number of methoxy groups -OCH3 is 1. The van der Waals surface area contributed by atoms with E-state index in [1.807, 2.05) is 12.1 Å². The van der Waals surface area contributed by atoms with Gasteiger partial charge in [-0.3, -0.25) is 4.79 Å². The summed E-state index contributed by atoms with van der Waals surface area (Å²) >= 11 is 0. The molecular weight excluding hydrogens is 342 g/mol. The Labute approximate surface area is 147 Å². The second kappa shape index (κ2) is 6.36. The third-order valence-corrected chi connectivity index (χ3v) is 4.54. The molecule has 134 valence electrons. The summed E-state index contributed by atoms with van der Waals surface area (Å²) in [5.41, 5.74) is 3.29. The van der Waals surface area contributed by atoms with Crippen LogP contribution in [0.15, 0.2) is 24.3 Å². The van der Waals surface area contributed by atoms with Crippen LogP contribution in [0.1, 0.15) is 40.2 Å². The van der Waals surface area contributed by atoms with Gasteiger partial charge in [-0.1, -0.05) is 6.07 Å². The molecule has 2 N–H and O–H groups in total. The van der Waals surface area contributed by atoms with Gasteiger partial charge in [-0.15, -0.1) is 0 Å². The van der Waals surface area contributed by atoms with E-state index >= 15 is 0 Å². The predicted octanol–water partition coefficient (Wildman–Crippen LogP) is 3.05. The number of aromatic nitrogens is 3. The molecule has 1 amide bonds. The van der Waals surface area contributed by atoms with E-state index in [0.717, 1.165) is 36.1 Å². The lowest BCUT2D eigenvalue weighted by Gasteiger charge is -2.11. The Morgan fingerprint density at radius 3 is 2.65 bits per heavy atom. The molecule has 0 atom stereocenters. The SMILES string of the molecule is COc1c(F)cc(C(=O)NCc2c(C3CC3)ccc3n[nH]nc23)cc1F. The molecule has 1 fully saturated rings. The standard InChI is InChI=1S/C18H16F2N4O2/c1-26-17-13(19)6-10(7-14(17)20)18(25)21-8-12-11(9-2-3-9)4-5-15-16(12)23-24-22-15/h4-7,9H,2-3,8H2,1H3,(H,21,25)(H,22,23,24). The molecule has 2 aromatic carbocycles. The molecule has 0 unspecified atom stereocenters.